The van der Waals surface area contributed by atoms with Crippen molar-refractivity contribution in [2.75, 3.05) is 18.1 Å². The summed E-state index contributed by atoms with van der Waals surface area (Å²) in [7, 11) is 0. The topological polar surface area (TPSA) is 12.0 Å². The molecule has 0 saturated carbocycles. The van der Waals surface area contributed by atoms with Crippen molar-refractivity contribution in [1.82, 2.24) is 5.32 Å². The van der Waals surface area contributed by atoms with E-state index in [9.17, 15) is 0 Å². The molecule has 1 N–H and O–H groups in total. The molecule has 1 saturated heterocycles. The van der Waals surface area contributed by atoms with Crippen LogP contribution in [0.15, 0.2) is 12.7 Å². The molecule has 17 heavy (non-hydrogen) atoms. The first kappa shape index (κ1) is 15.5. The number of thioether (sulfide) groups is 2. The van der Waals surface area contributed by atoms with Gasteiger partial charge in [0.2, 0.25) is 0 Å². The van der Waals surface area contributed by atoms with Crippen molar-refractivity contribution in [2.24, 2.45) is 0 Å². The third kappa shape index (κ3) is 5.27. The molecule has 1 aliphatic rings. The lowest BCUT2D eigenvalue weighted by atomic mass is 10.0. The standard InChI is InChI=1S/C14H27NS2/c1-4-7-8-9-12(15-6-3)14-13(5-2)16-10-11-17-14/h4,12-15H,1,5-11H2,2-3H3. The number of allylic oxidation sites excluding steroid dienone is 1. The lowest BCUT2D eigenvalue weighted by Gasteiger charge is -2.36. The van der Waals surface area contributed by atoms with E-state index in [-0.39, 0.29) is 0 Å². The van der Waals surface area contributed by atoms with Gasteiger partial charge < -0.3 is 5.32 Å². The maximum absolute atomic E-state index is 3.82. The zero-order valence-corrected chi connectivity index (χ0v) is 12.9. The fraction of sp³-hybridized carbons (Fsp3) is 0.857. The highest BCUT2D eigenvalue weighted by Gasteiger charge is 2.31. The highest BCUT2D eigenvalue weighted by molar-refractivity contribution is 8.07. The Labute approximate surface area is 116 Å². The Morgan fingerprint density at radius 1 is 1.35 bits per heavy atom. The summed E-state index contributed by atoms with van der Waals surface area (Å²) in [6.07, 6.45) is 7.09. The second-order valence-electron chi connectivity index (χ2n) is 4.54. The molecule has 0 bridgehead atoms. The van der Waals surface area contributed by atoms with Gasteiger partial charge in [0.25, 0.3) is 0 Å². The Balaban J connectivity index is 2.49. The van der Waals surface area contributed by atoms with Crippen molar-refractivity contribution in [2.45, 2.75) is 56.1 Å². The molecule has 0 aromatic carbocycles. The van der Waals surface area contributed by atoms with Crippen molar-refractivity contribution >= 4 is 23.5 Å². The molecule has 1 fully saturated rings. The molecule has 0 radical (unpaired) electrons. The van der Waals surface area contributed by atoms with Gasteiger partial charge in [0.15, 0.2) is 0 Å². The van der Waals surface area contributed by atoms with Gasteiger partial charge in [-0.15, -0.1) is 6.58 Å². The van der Waals surface area contributed by atoms with Crippen LogP contribution in [0.4, 0.5) is 0 Å². The summed E-state index contributed by atoms with van der Waals surface area (Å²) in [6.45, 7) is 9.47. The molecule has 1 heterocycles. The van der Waals surface area contributed by atoms with Crippen LogP contribution in [0.25, 0.3) is 0 Å². The molecule has 0 aromatic rings. The monoisotopic (exact) mass is 273 g/mol. The van der Waals surface area contributed by atoms with Crippen LogP contribution < -0.4 is 5.32 Å². The summed E-state index contributed by atoms with van der Waals surface area (Å²) in [5.41, 5.74) is 0. The molecule has 3 heteroatoms. The normalized spacial score (nSPS) is 26.7. The first-order chi connectivity index (χ1) is 8.33. The van der Waals surface area contributed by atoms with Gasteiger partial charge in [-0.1, -0.05) is 19.9 Å². The van der Waals surface area contributed by atoms with E-state index >= 15 is 0 Å². The Morgan fingerprint density at radius 2 is 2.12 bits per heavy atom. The molecule has 0 spiro atoms. The van der Waals surface area contributed by atoms with E-state index in [1.165, 1.54) is 30.8 Å². The first-order valence-electron chi connectivity index (χ1n) is 6.90. The smallest absolute Gasteiger partial charge is 0.0320 e. The van der Waals surface area contributed by atoms with Gasteiger partial charge >= 0.3 is 0 Å². The molecule has 3 atom stereocenters. The molecule has 3 unspecified atom stereocenters. The second kappa shape index (κ2) is 9.35. The second-order valence-corrected chi connectivity index (χ2v) is 7.17. The summed E-state index contributed by atoms with van der Waals surface area (Å²) < 4.78 is 0. The number of hydrogen-bond acceptors (Lipinski definition) is 3. The minimum Gasteiger partial charge on any atom is -0.313 e. The van der Waals surface area contributed by atoms with E-state index < -0.39 is 0 Å². The molecule has 0 aliphatic carbocycles. The molecule has 0 amide bonds. The van der Waals surface area contributed by atoms with E-state index in [1.807, 2.05) is 6.08 Å². The Morgan fingerprint density at radius 3 is 2.76 bits per heavy atom. The largest absolute Gasteiger partial charge is 0.313 e. The fourth-order valence-electron chi connectivity index (χ4n) is 2.44. The fourth-order valence-corrected chi connectivity index (χ4v) is 5.74. The van der Waals surface area contributed by atoms with Crippen molar-refractivity contribution in [3.63, 3.8) is 0 Å². The Kier molecular flexibility index (Phi) is 8.50. The van der Waals surface area contributed by atoms with Crippen LogP contribution in [0.1, 0.15) is 39.5 Å². The maximum atomic E-state index is 3.82. The van der Waals surface area contributed by atoms with Gasteiger partial charge in [-0.05, 0) is 32.2 Å². The summed E-state index contributed by atoms with van der Waals surface area (Å²) in [4.78, 5) is 0. The van der Waals surface area contributed by atoms with Gasteiger partial charge in [-0.3, -0.25) is 0 Å². The van der Waals surface area contributed by atoms with Crippen molar-refractivity contribution in [1.29, 1.82) is 0 Å². The van der Waals surface area contributed by atoms with E-state index in [0.29, 0.717) is 6.04 Å². The van der Waals surface area contributed by atoms with Gasteiger partial charge in [-0.25, -0.2) is 0 Å². The molecule has 100 valence electrons. The number of unbranched alkanes of at least 4 members (excludes halogenated alkanes) is 1. The average molecular weight is 274 g/mol. The number of nitrogens with one attached hydrogen (secondary N) is 1. The van der Waals surface area contributed by atoms with Gasteiger partial charge in [-0.2, -0.15) is 23.5 Å². The zero-order chi connectivity index (χ0) is 12.5. The molecular formula is C14H27NS2. The van der Waals surface area contributed by atoms with Gasteiger partial charge in [0, 0.05) is 28.0 Å². The molecule has 0 aromatic heterocycles. The highest BCUT2D eigenvalue weighted by Crippen LogP contribution is 2.36. The predicted octanol–water partition coefficient (Wildman–Crippen LogP) is 3.95. The lowest BCUT2D eigenvalue weighted by Crippen LogP contribution is -2.45. The molecular weight excluding hydrogens is 246 g/mol. The molecule has 1 rings (SSSR count). The van der Waals surface area contributed by atoms with E-state index in [4.69, 9.17) is 0 Å². The van der Waals surface area contributed by atoms with Crippen molar-refractivity contribution in [3.05, 3.63) is 12.7 Å². The highest BCUT2D eigenvalue weighted by atomic mass is 32.2. The van der Waals surface area contributed by atoms with Crippen LogP contribution in [-0.2, 0) is 0 Å². The van der Waals surface area contributed by atoms with E-state index in [0.717, 1.165) is 23.5 Å². The quantitative estimate of drug-likeness (QED) is 0.531. The third-order valence-electron chi connectivity index (χ3n) is 3.28. The van der Waals surface area contributed by atoms with Gasteiger partial charge in [0.05, 0.1) is 0 Å². The van der Waals surface area contributed by atoms with Crippen molar-refractivity contribution in [3.8, 4) is 0 Å². The number of hydrogen-bond donors (Lipinski definition) is 1. The van der Waals surface area contributed by atoms with Gasteiger partial charge in [0.1, 0.15) is 0 Å². The van der Waals surface area contributed by atoms with E-state index in [1.54, 1.807) is 0 Å². The van der Waals surface area contributed by atoms with Crippen LogP contribution in [0.5, 0.6) is 0 Å². The number of rotatable bonds is 8. The lowest BCUT2D eigenvalue weighted by molar-refractivity contribution is 0.454. The van der Waals surface area contributed by atoms with Crippen LogP contribution in [0.2, 0.25) is 0 Å². The summed E-state index contributed by atoms with van der Waals surface area (Å²) >= 11 is 4.38. The van der Waals surface area contributed by atoms with Crippen LogP contribution >= 0.6 is 23.5 Å². The van der Waals surface area contributed by atoms with Crippen LogP contribution in [0.3, 0.4) is 0 Å². The zero-order valence-electron chi connectivity index (χ0n) is 11.3. The Hall–Kier alpha value is 0.400. The predicted molar refractivity (Wildman–Crippen MR) is 84.3 cm³/mol. The first-order valence-corrected chi connectivity index (χ1v) is 9.00. The third-order valence-corrected chi connectivity index (χ3v) is 6.69. The molecule has 1 aliphatic heterocycles. The Bertz CT molecular complexity index is 208. The van der Waals surface area contributed by atoms with E-state index in [2.05, 4.69) is 49.3 Å². The average Bonchev–Trinajstić information content (AvgIpc) is 2.38. The minimum absolute atomic E-state index is 0.697. The summed E-state index contributed by atoms with van der Waals surface area (Å²) in [5.74, 6) is 2.67. The van der Waals surface area contributed by atoms with Crippen molar-refractivity contribution < 1.29 is 0 Å². The summed E-state index contributed by atoms with van der Waals surface area (Å²) in [6, 6.07) is 0.697. The van der Waals surface area contributed by atoms with Crippen LogP contribution in [-0.4, -0.2) is 34.6 Å². The maximum Gasteiger partial charge on any atom is 0.0320 e. The SMILES string of the molecule is C=CCCCC(NCC)C1SCCSC1CC. The molecule has 1 nitrogen and oxygen atoms in total. The summed E-state index contributed by atoms with van der Waals surface area (Å²) in [5, 5.41) is 5.36. The minimum atomic E-state index is 0.697. The van der Waals surface area contributed by atoms with Crippen LogP contribution in [0, 0.1) is 0 Å².